The third kappa shape index (κ3) is 5.50. The molecule has 0 fully saturated rings. The van der Waals surface area contributed by atoms with Gasteiger partial charge in [-0.2, -0.15) is 0 Å². The number of benzene rings is 1. The summed E-state index contributed by atoms with van der Waals surface area (Å²) in [4.78, 5) is 22.0. The zero-order valence-electron chi connectivity index (χ0n) is 10.1. The minimum Gasteiger partial charge on any atom is -0.295 e. The van der Waals surface area contributed by atoms with Gasteiger partial charge in [-0.25, -0.2) is 0 Å². The van der Waals surface area contributed by atoms with Crippen molar-refractivity contribution in [2.75, 3.05) is 0 Å². The zero-order chi connectivity index (χ0) is 12.7. The predicted molar refractivity (Wildman–Crippen MR) is 71.9 cm³/mol. The van der Waals surface area contributed by atoms with E-state index in [1.165, 1.54) is 18.7 Å². The van der Waals surface area contributed by atoms with Crippen LogP contribution in [0.4, 0.5) is 0 Å². The van der Waals surface area contributed by atoms with Gasteiger partial charge in [0.1, 0.15) is 0 Å². The van der Waals surface area contributed by atoms with Crippen LogP contribution < -0.4 is 0 Å². The number of carbonyl (C=O) groups excluding carboxylic acids is 2. The van der Waals surface area contributed by atoms with Gasteiger partial charge >= 0.3 is 0 Å². The molecule has 17 heavy (non-hydrogen) atoms. The predicted octanol–water partition coefficient (Wildman–Crippen LogP) is 3.54. The van der Waals surface area contributed by atoms with E-state index in [1.807, 2.05) is 36.4 Å². The molecular weight excluding hydrogens is 232 g/mol. The van der Waals surface area contributed by atoms with Crippen molar-refractivity contribution >= 4 is 22.7 Å². The summed E-state index contributed by atoms with van der Waals surface area (Å²) < 4.78 is 0. The average molecular weight is 248 g/mol. The van der Waals surface area contributed by atoms with Crippen LogP contribution in [0.1, 0.15) is 31.1 Å². The largest absolute Gasteiger partial charge is 0.295 e. The first-order valence-corrected chi connectivity index (χ1v) is 6.37. The molecule has 0 bridgehead atoms. The molecule has 0 N–H and O–H groups in total. The normalized spacial score (nSPS) is 12.6. The van der Waals surface area contributed by atoms with E-state index in [-0.39, 0.29) is 16.1 Å². The van der Waals surface area contributed by atoms with E-state index in [0.29, 0.717) is 6.42 Å². The molecule has 1 aromatic carbocycles. The lowest BCUT2D eigenvalue weighted by atomic mass is 10.1. The highest BCUT2D eigenvalue weighted by Gasteiger charge is 2.12. The van der Waals surface area contributed by atoms with Crippen molar-refractivity contribution in [3.63, 3.8) is 0 Å². The highest BCUT2D eigenvalue weighted by atomic mass is 32.2. The molecule has 0 saturated heterocycles. The number of carbonyl (C=O) groups is 2. The van der Waals surface area contributed by atoms with Crippen molar-refractivity contribution in [2.24, 2.45) is 0 Å². The topological polar surface area (TPSA) is 34.1 Å². The summed E-state index contributed by atoms with van der Waals surface area (Å²) in [5, 5.41) is 0.180. The monoisotopic (exact) mass is 248 g/mol. The standard InChI is InChI=1S/C14H16O2S/c1-11(15)7-6-10-14(17-12(2)16)13-8-4-3-5-9-13/h3-9,14H,10H2,1-2H3/b7-6+/t14-/m1/s1. The van der Waals surface area contributed by atoms with Crippen molar-refractivity contribution in [2.45, 2.75) is 25.5 Å². The van der Waals surface area contributed by atoms with Crippen LogP contribution in [0.3, 0.4) is 0 Å². The third-order valence-corrected chi connectivity index (χ3v) is 3.26. The summed E-state index contributed by atoms with van der Waals surface area (Å²) in [5.41, 5.74) is 1.11. The van der Waals surface area contributed by atoms with Crippen molar-refractivity contribution in [1.29, 1.82) is 0 Å². The number of allylic oxidation sites excluding steroid dienone is 2. The lowest BCUT2D eigenvalue weighted by Gasteiger charge is -2.12. The van der Waals surface area contributed by atoms with Gasteiger partial charge in [-0.3, -0.25) is 9.59 Å². The van der Waals surface area contributed by atoms with E-state index < -0.39 is 0 Å². The van der Waals surface area contributed by atoms with Crippen molar-refractivity contribution in [1.82, 2.24) is 0 Å². The van der Waals surface area contributed by atoms with Crippen LogP contribution in [0.2, 0.25) is 0 Å². The van der Waals surface area contributed by atoms with Gasteiger partial charge in [0, 0.05) is 12.2 Å². The maximum absolute atomic E-state index is 11.2. The molecule has 1 aromatic rings. The number of ketones is 1. The van der Waals surface area contributed by atoms with E-state index in [2.05, 4.69) is 0 Å². The van der Waals surface area contributed by atoms with Crippen LogP contribution in [0.5, 0.6) is 0 Å². The highest BCUT2D eigenvalue weighted by Crippen LogP contribution is 2.32. The zero-order valence-corrected chi connectivity index (χ0v) is 10.9. The summed E-state index contributed by atoms with van der Waals surface area (Å²) in [7, 11) is 0. The Balaban J connectivity index is 2.74. The SMILES string of the molecule is CC(=O)/C=C/C[C@@H](SC(C)=O)c1ccccc1. The van der Waals surface area contributed by atoms with E-state index in [1.54, 1.807) is 13.0 Å². The minimum absolute atomic E-state index is 0.0321. The summed E-state index contributed by atoms with van der Waals surface area (Å²) in [6.45, 7) is 3.08. The molecule has 0 saturated carbocycles. The molecule has 0 aromatic heterocycles. The molecule has 90 valence electrons. The first-order chi connectivity index (χ1) is 8.09. The Kier molecular flexibility index (Phi) is 5.70. The summed E-state index contributed by atoms with van der Waals surface area (Å²) in [6.07, 6.45) is 4.07. The lowest BCUT2D eigenvalue weighted by Crippen LogP contribution is -1.96. The fraction of sp³-hybridized carbons (Fsp3) is 0.286. The summed E-state index contributed by atoms with van der Waals surface area (Å²) >= 11 is 1.30. The number of rotatable bonds is 5. The van der Waals surface area contributed by atoms with Crippen LogP contribution in [-0.2, 0) is 9.59 Å². The molecular formula is C14H16O2S. The second kappa shape index (κ2) is 7.07. The Labute approximate surface area is 106 Å². The smallest absolute Gasteiger partial charge is 0.186 e. The Hall–Kier alpha value is -1.35. The van der Waals surface area contributed by atoms with Gasteiger partial charge in [0.2, 0.25) is 0 Å². The fourth-order valence-electron chi connectivity index (χ4n) is 1.48. The van der Waals surface area contributed by atoms with Crippen LogP contribution in [0.15, 0.2) is 42.5 Å². The van der Waals surface area contributed by atoms with Gasteiger partial charge < -0.3 is 0 Å². The first kappa shape index (κ1) is 13.7. The molecule has 0 aliphatic heterocycles. The lowest BCUT2D eigenvalue weighted by molar-refractivity contribution is -0.112. The Bertz CT molecular complexity index is 409. The fourth-order valence-corrected chi connectivity index (χ4v) is 2.38. The second-order valence-corrected chi connectivity index (χ2v) is 5.14. The van der Waals surface area contributed by atoms with Gasteiger partial charge in [0.05, 0.1) is 0 Å². The molecule has 0 heterocycles. The van der Waals surface area contributed by atoms with Crippen LogP contribution >= 0.6 is 11.8 Å². The molecule has 0 radical (unpaired) electrons. The molecule has 0 aliphatic rings. The summed E-state index contributed by atoms with van der Waals surface area (Å²) in [6, 6.07) is 9.87. The quantitative estimate of drug-likeness (QED) is 0.747. The number of hydrogen-bond acceptors (Lipinski definition) is 3. The number of thioether (sulfide) groups is 1. The molecule has 0 aliphatic carbocycles. The minimum atomic E-state index is 0.0321. The van der Waals surface area contributed by atoms with E-state index in [9.17, 15) is 9.59 Å². The van der Waals surface area contributed by atoms with Gasteiger partial charge in [0.15, 0.2) is 10.9 Å². The van der Waals surface area contributed by atoms with Crippen molar-refractivity contribution in [3.8, 4) is 0 Å². The van der Waals surface area contributed by atoms with Gasteiger partial charge in [0.25, 0.3) is 0 Å². The van der Waals surface area contributed by atoms with E-state index in [4.69, 9.17) is 0 Å². The Morgan fingerprint density at radius 2 is 1.88 bits per heavy atom. The molecule has 1 atom stereocenters. The molecule has 3 heteroatoms. The molecule has 0 unspecified atom stereocenters. The second-order valence-electron chi connectivity index (χ2n) is 3.76. The van der Waals surface area contributed by atoms with Crippen molar-refractivity contribution in [3.05, 3.63) is 48.0 Å². The number of hydrogen-bond donors (Lipinski definition) is 0. The van der Waals surface area contributed by atoms with E-state index in [0.717, 1.165) is 5.56 Å². The Morgan fingerprint density at radius 3 is 2.41 bits per heavy atom. The van der Waals surface area contributed by atoms with Crippen LogP contribution in [0.25, 0.3) is 0 Å². The van der Waals surface area contributed by atoms with E-state index >= 15 is 0 Å². The van der Waals surface area contributed by atoms with Gasteiger partial charge in [-0.1, -0.05) is 48.2 Å². The van der Waals surface area contributed by atoms with Gasteiger partial charge in [-0.05, 0) is 25.0 Å². The highest BCUT2D eigenvalue weighted by molar-refractivity contribution is 8.13. The first-order valence-electron chi connectivity index (χ1n) is 5.49. The maximum Gasteiger partial charge on any atom is 0.186 e. The Morgan fingerprint density at radius 1 is 1.24 bits per heavy atom. The van der Waals surface area contributed by atoms with Gasteiger partial charge in [-0.15, -0.1) is 0 Å². The molecule has 2 nitrogen and oxygen atoms in total. The average Bonchev–Trinajstić information content (AvgIpc) is 2.28. The van der Waals surface area contributed by atoms with Crippen LogP contribution in [-0.4, -0.2) is 10.9 Å². The summed E-state index contributed by atoms with van der Waals surface area (Å²) in [5.74, 6) is 0.0321. The maximum atomic E-state index is 11.2. The van der Waals surface area contributed by atoms with Crippen molar-refractivity contribution < 1.29 is 9.59 Å². The molecule has 1 rings (SSSR count). The molecule has 0 amide bonds. The third-order valence-electron chi connectivity index (χ3n) is 2.18. The van der Waals surface area contributed by atoms with Crippen LogP contribution in [0, 0.1) is 0 Å². The molecule has 0 spiro atoms.